The highest BCUT2D eigenvalue weighted by Crippen LogP contribution is 2.31. The maximum Gasteiger partial charge on any atom is 0.416 e. The van der Waals surface area contributed by atoms with Gasteiger partial charge in [-0.05, 0) is 42.8 Å². The summed E-state index contributed by atoms with van der Waals surface area (Å²) in [5, 5.41) is 20.5. The SMILES string of the molecule is Cc1c(C(=O)O)cccc1C(=O)O.FC(F)(F)c1cccc(N2CCNCC2)c1. The van der Waals surface area contributed by atoms with Gasteiger partial charge in [-0.3, -0.25) is 0 Å². The average Bonchev–Trinajstić information content (AvgIpc) is 2.68. The number of carboxylic acids is 2. The van der Waals surface area contributed by atoms with Gasteiger partial charge in [-0.25, -0.2) is 9.59 Å². The van der Waals surface area contributed by atoms with Crippen LogP contribution < -0.4 is 10.2 Å². The molecule has 29 heavy (non-hydrogen) atoms. The quantitative estimate of drug-likeness (QED) is 0.718. The van der Waals surface area contributed by atoms with Crippen LogP contribution in [0.3, 0.4) is 0 Å². The molecule has 3 N–H and O–H groups in total. The summed E-state index contributed by atoms with van der Waals surface area (Å²) in [5.41, 5.74) is 0.405. The van der Waals surface area contributed by atoms with Crippen molar-refractivity contribution in [2.24, 2.45) is 0 Å². The van der Waals surface area contributed by atoms with Crippen LogP contribution in [0.15, 0.2) is 42.5 Å². The Labute approximate surface area is 165 Å². The Balaban J connectivity index is 0.000000212. The van der Waals surface area contributed by atoms with Crippen molar-refractivity contribution in [1.29, 1.82) is 0 Å². The van der Waals surface area contributed by atoms with Crippen LogP contribution in [0.2, 0.25) is 0 Å². The normalized spacial score (nSPS) is 14.0. The molecule has 1 aliphatic heterocycles. The third kappa shape index (κ3) is 5.95. The summed E-state index contributed by atoms with van der Waals surface area (Å²) in [6, 6.07) is 9.67. The van der Waals surface area contributed by atoms with Crippen molar-refractivity contribution in [3.8, 4) is 0 Å². The van der Waals surface area contributed by atoms with Gasteiger partial charge >= 0.3 is 18.1 Å². The number of carbonyl (C=O) groups is 2. The number of alkyl halides is 3. The molecule has 0 atom stereocenters. The second-order valence-corrected chi connectivity index (χ2v) is 6.37. The Hall–Kier alpha value is -3.07. The Morgan fingerprint density at radius 2 is 1.48 bits per heavy atom. The van der Waals surface area contributed by atoms with E-state index in [0.717, 1.165) is 32.2 Å². The van der Waals surface area contributed by atoms with Gasteiger partial charge in [0.1, 0.15) is 0 Å². The highest BCUT2D eigenvalue weighted by atomic mass is 19.4. The zero-order valence-corrected chi connectivity index (χ0v) is 15.7. The van der Waals surface area contributed by atoms with Crippen molar-refractivity contribution < 1.29 is 33.0 Å². The van der Waals surface area contributed by atoms with Crippen molar-refractivity contribution in [3.63, 3.8) is 0 Å². The molecule has 0 saturated carbocycles. The summed E-state index contributed by atoms with van der Waals surface area (Å²) in [7, 11) is 0. The second-order valence-electron chi connectivity index (χ2n) is 6.37. The molecule has 0 bridgehead atoms. The van der Waals surface area contributed by atoms with Crippen molar-refractivity contribution in [3.05, 3.63) is 64.7 Å². The van der Waals surface area contributed by atoms with E-state index in [1.54, 1.807) is 6.07 Å². The van der Waals surface area contributed by atoms with Gasteiger partial charge in [-0.1, -0.05) is 12.1 Å². The Morgan fingerprint density at radius 1 is 0.966 bits per heavy atom. The number of anilines is 1. The van der Waals surface area contributed by atoms with Gasteiger partial charge in [-0.2, -0.15) is 13.2 Å². The van der Waals surface area contributed by atoms with E-state index in [4.69, 9.17) is 10.2 Å². The molecule has 0 aliphatic carbocycles. The summed E-state index contributed by atoms with van der Waals surface area (Å²) in [6.45, 7) is 4.61. The predicted octanol–water partition coefficient (Wildman–Crippen LogP) is 3.51. The van der Waals surface area contributed by atoms with Gasteiger partial charge in [0.25, 0.3) is 0 Å². The number of benzene rings is 2. The minimum Gasteiger partial charge on any atom is -0.478 e. The van der Waals surface area contributed by atoms with Crippen LogP contribution in [0.4, 0.5) is 18.9 Å². The zero-order chi connectivity index (χ0) is 21.6. The molecule has 0 amide bonds. The van der Waals surface area contributed by atoms with Crippen LogP contribution in [0.5, 0.6) is 0 Å². The lowest BCUT2D eigenvalue weighted by molar-refractivity contribution is -0.137. The number of rotatable bonds is 3. The maximum absolute atomic E-state index is 12.5. The molecule has 1 heterocycles. The van der Waals surface area contributed by atoms with E-state index in [9.17, 15) is 22.8 Å². The smallest absolute Gasteiger partial charge is 0.416 e. The molecule has 0 unspecified atom stereocenters. The molecule has 2 aromatic carbocycles. The summed E-state index contributed by atoms with van der Waals surface area (Å²) >= 11 is 0. The van der Waals surface area contributed by atoms with Crippen LogP contribution in [-0.2, 0) is 6.18 Å². The maximum atomic E-state index is 12.5. The fraction of sp³-hybridized carbons (Fsp3) is 0.300. The molecule has 156 valence electrons. The zero-order valence-electron chi connectivity index (χ0n) is 15.7. The lowest BCUT2D eigenvalue weighted by Crippen LogP contribution is -2.43. The van der Waals surface area contributed by atoms with Gasteiger partial charge < -0.3 is 20.4 Å². The van der Waals surface area contributed by atoms with Crippen LogP contribution in [0.1, 0.15) is 31.8 Å². The molecule has 1 fully saturated rings. The van der Waals surface area contributed by atoms with Crippen molar-refractivity contribution in [1.82, 2.24) is 5.32 Å². The first-order valence-corrected chi connectivity index (χ1v) is 8.80. The minimum absolute atomic E-state index is 0.0277. The van der Waals surface area contributed by atoms with Crippen LogP contribution >= 0.6 is 0 Å². The van der Waals surface area contributed by atoms with Crippen molar-refractivity contribution in [2.45, 2.75) is 13.1 Å². The summed E-state index contributed by atoms with van der Waals surface area (Å²) in [6.07, 6.45) is -4.26. The Morgan fingerprint density at radius 3 is 1.97 bits per heavy atom. The number of hydrogen-bond donors (Lipinski definition) is 3. The summed E-state index contributed by atoms with van der Waals surface area (Å²) < 4.78 is 37.5. The van der Waals surface area contributed by atoms with Gasteiger partial charge in [-0.15, -0.1) is 0 Å². The Bertz CT molecular complexity index is 846. The minimum atomic E-state index is -4.26. The molecule has 1 aliphatic rings. The fourth-order valence-electron chi connectivity index (χ4n) is 2.90. The number of nitrogens with one attached hydrogen (secondary N) is 1. The summed E-state index contributed by atoms with van der Waals surface area (Å²) in [5.74, 6) is -2.22. The first-order valence-electron chi connectivity index (χ1n) is 8.80. The van der Waals surface area contributed by atoms with E-state index in [-0.39, 0.29) is 16.7 Å². The molecule has 3 rings (SSSR count). The molecule has 9 heteroatoms. The largest absolute Gasteiger partial charge is 0.478 e. The Kier molecular flexibility index (Phi) is 7.22. The van der Waals surface area contributed by atoms with Crippen LogP contribution in [-0.4, -0.2) is 48.3 Å². The number of piperazine rings is 1. The van der Waals surface area contributed by atoms with Crippen LogP contribution in [0, 0.1) is 6.92 Å². The van der Waals surface area contributed by atoms with Gasteiger partial charge in [0.2, 0.25) is 0 Å². The second kappa shape index (κ2) is 9.42. The topological polar surface area (TPSA) is 89.9 Å². The van der Waals surface area contributed by atoms with Crippen LogP contribution in [0.25, 0.3) is 0 Å². The predicted molar refractivity (Wildman–Crippen MR) is 102 cm³/mol. The van der Waals surface area contributed by atoms with E-state index < -0.39 is 23.7 Å². The molecule has 0 spiro atoms. The van der Waals surface area contributed by atoms with E-state index in [0.29, 0.717) is 5.69 Å². The van der Waals surface area contributed by atoms with Crippen molar-refractivity contribution >= 4 is 17.6 Å². The third-order valence-corrected chi connectivity index (χ3v) is 4.45. The van der Waals surface area contributed by atoms with Gasteiger partial charge in [0.15, 0.2) is 0 Å². The van der Waals surface area contributed by atoms with E-state index in [1.807, 2.05) is 4.90 Å². The fourth-order valence-corrected chi connectivity index (χ4v) is 2.90. The number of aromatic carboxylic acids is 2. The highest BCUT2D eigenvalue weighted by molar-refractivity contribution is 5.96. The first kappa shape index (κ1) is 22.2. The molecular formula is C20H21F3N2O4. The number of hydrogen-bond acceptors (Lipinski definition) is 4. The lowest BCUT2D eigenvalue weighted by atomic mass is 10.0. The van der Waals surface area contributed by atoms with Gasteiger partial charge in [0, 0.05) is 31.9 Å². The van der Waals surface area contributed by atoms with E-state index in [2.05, 4.69) is 5.32 Å². The number of carboxylic acid groups (broad SMARTS) is 2. The lowest BCUT2D eigenvalue weighted by Gasteiger charge is -2.29. The molecule has 0 aromatic heterocycles. The number of halogens is 3. The third-order valence-electron chi connectivity index (χ3n) is 4.45. The molecule has 2 aromatic rings. The molecule has 0 radical (unpaired) electrons. The molecular weight excluding hydrogens is 389 g/mol. The highest BCUT2D eigenvalue weighted by Gasteiger charge is 2.30. The van der Waals surface area contributed by atoms with Crippen molar-refractivity contribution in [2.75, 3.05) is 31.1 Å². The van der Waals surface area contributed by atoms with E-state index >= 15 is 0 Å². The monoisotopic (exact) mass is 410 g/mol. The number of nitrogens with zero attached hydrogens (tertiary/aromatic N) is 1. The van der Waals surface area contributed by atoms with Gasteiger partial charge in [0.05, 0.1) is 16.7 Å². The average molecular weight is 410 g/mol. The molecule has 6 nitrogen and oxygen atoms in total. The summed E-state index contributed by atoms with van der Waals surface area (Å²) in [4.78, 5) is 23.2. The van der Waals surface area contributed by atoms with E-state index in [1.165, 1.54) is 37.3 Å². The first-order chi connectivity index (χ1) is 13.6. The molecule has 1 saturated heterocycles. The standard InChI is InChI=1S/C11H13F3N2.C9H8O4/c12-11(13,14)9-2-1-3-10(8-9)16-6-4-15-5-7-16;1-5-6(8(10)11)3-2-4-7(5)9(12)13/h1-3,8,15H,4-7H2;2-4H,1H3,(H,10,11)(H,12,13).